The molecule has 8 nitrogen and oxygen atoms in total. The number of fused-ring (bicyclic) bond motifs is 1. The van der Waals surface area contributed by atoms with E-state index in [1.54, 1.807) is 24.3 Å². The van der Waals surface area contributed by atoms with Crippen LogP contribution in [0.3, 0.4) is 0 Å². The average molecular weight is 559 g/mol. The van der Waals surface area contributed by atoms with Crippen LogP contribution in [0, 0.1) is 5.92 Å². The number of anilines is 2. The van der Waals surface area contributed by atoms with Crippen molar-refractivity contribution < 1.29 is 13.5 Å². The van der Waals surface area contributed by atoms with E-state index in [2.05, 4.69) is 20.2 Å². The number of rotatable bonds is 6. The molecular formula is C25H35Cl2F2N7O. The molecule has 1 aromatic carbocycles. The third kappa shape index (κ3) is 6.60. The number of benzene rings is 1. The van der Waals surface area contributed by atoms with Crippen LogP contribution in [0.1, 0.15) is 51.8 Å². The molecule has 2 fully saturated rings. The quantitative estimate of drug-likeness (QED) is 0.433. The molecule has 0 amide bonds. The van der Waals surface area contributed by atoms with E-state index in [0.29, 0.717) is 47.6 Å². The topological polar surface area (TPSA) is 94.1 Å². The van der Waals surface area contributed by atoms with Gasteiger partial charge in [0.2, 0.25) is 5.95 Å². The Labute approximate surface area is 228 Å². The highest BCUT2D eigenvalue weighted by Gasteiger charge is 2.27. The molecule has 2 unspecified atom stereocenters. The summed E-state index contributed by atoms with van der Waals surface area (Å²) in [5.74, 6) is 1.64. The van der Waals surface area contributed by atoms with Crippen LogP contribution in [-0.2, 0) is 4.74 Å². The number of hydrogen-bond donors (Lipinski definition) is 2. The fourth-order valence-electron chi connectivity index (χ4n) is 5.20. The Kier molecular flexibility index (Phi) is 9.91. The number of imidazole rings is 1. The SMILES string of the molecule is CC1CN(c2cc(-n3c(C(F)F)nc4ccccc43)nc(NCC3CCC(N)CC3)n2)CC(C)O1.Cl.Cl. The van der Waals surface area contributed by atoms with Crippen LogP contribution in [0.5, 0.6) is 0 Å². The van der Waals surface area contributed by atoms with Gasteiger partial charge in [-0.2, -0.15) is 9.97 Å². The van der Waals surface area contributed by atoms with E-state index in [1.165, 1.54) is 4.57 Å². The van der Waals surface area contributed by atoms with E-state index in [9.17, 15) is 8.78 Å². The number of para-hydroxylation sites is 2. The molecule has 2 aromatic heterocycles. The van der Waals surface area contributed by atoms with Crippen LogP contribution >= 0.6 is 24.8 Å². The summed E-state index contributed by atoms with van der Waals surface area (Å²) >= 11 is 0. The second-order valence-corrected chi connectivity index (χ2v) is 9.83. The van der Waals surface area contributed by atoms with Crippen LogP contribution in [-0.4, -0.2) is 57.4 Å². The maximum absolute atomic E-state index is 14.1. The highest BCUT2D eigenvalue weighted by atomic mass is 35.5. The summed E-state index contributed by atoms with van der Waals surface area (Å²) in [6.07, 6.45) is 1.47. The maximum Gasteiger partial charge on any atom is 0.296 e. The van der Waals surface area contributed by atoms with Gasteiger partial charge in [0, 0.05) is 31.7 Å². The Bertz CT molecular complexity index is 1160. The molecule has 1 aliphatic heterocycles. The van der Waals surface area contributed by atoms with Crippen LogP contribution in [0.25, 0.3) is 16.9 Å². The molecule has 0 bridgehead atoms. The molecule has 3 aromatic rings. The zero-order valence-electron chi connectivity index (χ0n) is 21.0. The Morgan fingerprint density at radius 2 is 1.65 bits per heavy atom. The number of halogens is 4. The van der Waals surface area contributed by atoms with Gasteiger partial charge in [-0.3, -0.25) is 4.57 Å². The Hall–Kier alpha value is -2.27. The van der Waals surface area contributed by atoms with Gasteiger partial charge in [0.15, 0.2) is 5.82 Å². The zero-order valence-corrected chi connectivity index (χ0v) is 22.7. The summed E-state index contributed by atoms with van der Waals surface area (Å²) in [6, 6.07) is 9.18. The van der Waals surface area contributed by atoms with Gasteiger partial charge >= 0.3 is 0 Å². The minimum Gasteiger partial charge on any atom is -0.372 e. The molecule has 0 radical (unpaired) electrons. The third-order valence-corrected chi connectivity index (χ3v) is 6.89. The number of morpholine rings is 1. The number of nitrogens with one attached hydrogen (secondary N) is 1. The lowest BCUT2D eigenvalue weighted by Crippen LogP contribution is -2.46. The molecule has 0 spiro atoms. The second kappa shape index (κ2) is 12.5. The molecule has 3 heterocycles. The van der Waals surface area contributed by atoms with Gasteiger partial charge < -0.3 is 20.7 Å². The van der Waals surface area contributed by atoms with Crippen molar-refractivity contribution in [1.29, 1.82) is 0 Å². The summed E-state index contributed by atoms with van der Waals surface area (Å²) in [6.45, 7) is 6.09. The smallest absolute Gasteiger partial charge is 0.296 e. The van der Waals surface area contributed by atoms with E-state index >= 15 is 0 Å². The average Bonchev–Trinajstić information content (AvgIpc) is 3.23. The molecule has 5 rings (SSSR count). The summed E-state index contributed by atoms with van der Waals surface area (Å²) in [5, 5.41) is 3.39. The monoisotopic (exact) mass is 557 g/mol. The van der Waals surface area contributed by atoms with Crippen molar-refractivity contribution in [3.8, 4) is 5.82 Å². The fourth-order valence-corrected chi connectivity index (χ4v) is 5.20. The van der Waals surface area contributed by atoms with Crippen molar-refractivity contribution in [3.63, 3.8) is 0 Å². The van der Waals surface area contributed by atoms with Crippen LogP contribution in [0.4, 0.5) is 20.5 Å². The van der Waals surface area contributed by atoms with Crippen LogP contribution in [0.2, 0.25) is 0 Å². The minimum absolute atomic E-state index is 0. The summed E-state index contributed by atoms with van der Waals surface area (Å²) < 4.78 is 35.4. The molecule has 2 atom stereocenters. The molecule has 12 heteroatoms. The van der Waals surface area contributed by atoms with Gasteiger partial charge in [0.25, 0.3) is 6.43 Å². The lowest BCUT2D eigenvalue weighted by Gasteiger charge is -2.36. The number of aromatic nitrogens is 4. The summed E-state index contributed by atoms with van der Waals surface area (Å²) in [5.41, 5.74) is 7.15. The molecule has 3 N–H and O–H groups in total. The number of nitrogens with zero attached hydrogens (tertiary/aromatic N) is 5. The Balaban J connectivity index is 0.00000190. The van der Waals surface area contributed by atoms with Crippen molar-refractivity contribution in [2.24, 2.45) is 11.7 Å². The van der Waals surface area contributed by atoms with Gasteiger partial charge in [-0.1, -0.05) is 12.1 Å². The van der Waals surface area contributed by atoms with Gasteiger partial charge in [0.05, 0.1) is 23.2 Å². The minimum atomic E-state index is -2.74. The van der Waals surface area contributed by atoms with Gasteiger partial charge in [0.1, 0.15) is 11.6 Å². The van der Waals surface area contributed by atoms with E-state index < -0.39 is 6.43 Å². The van der Waals surface area contributed by atoms with Gasteiger partial charge in [-0.05, 0) is 57.6 Å². The van der Waals surface area contributed by atoms with Crippen LogP contribution < -0.4 is 16.0 Å². The summed E-state index contributed by atoms with van der Waals surface area (Å²) in [7, 11) is 0. The van der Waals surface area contributed by atoms with E-state index in [-0.39, 0.29) is 48.9 Å². The number of nitrogens with two attached hydrogens (primary N) is 1. The van der Waals surface area contributed by atoms with Crippen molar-refractivity contribution in [2.45, 2.75) is 64.2 Å². The number of alkyl halides is 2. The molecule has 1 saturated carbocycles. The normalized spacial score (nSPS) is 24.0. The first-order valence-corrected chi connectivity index (χ1v) is 12.4. The molecule has 204 valence electrons. The highest BCUT2D eigenvalue weighted by molar-refractivity contribution is 5.85. The summed E-state index contributed by atoms with van der Waals surface area (Å²) in [4.78, 5) is 15.8. The lowest BCUT2D eigenvalue weighted by molar-refractivity contribution is -0.00546. The Morgan fingerprint density at radius 1 is 1.00 bits per heavy atom. The predicted molar refractivity (Wildman–Crippen MR) is 147 cm³/mol. The first-order chi connectivity index (χ1) is 16.9. The highest BCUT2D eigenvalue weighted by Crippen LogP contribution is 2.30. The predicted octanol–water partition coefficient (Wildman–Crippen LogP) is 5.14. The second-order valence-electron chi connectivity index (χ2n) is 9.83. The standard InChI is InChI=1S/C25H33F2N7O.2ClH/c1-15-13-33(14-16(2)35-15)21-11-22(32-25(31-21)29-12-17-7-9-18(28)10-8-17)34-20-6-4-3-5-19(20)30-24(34)23(26)27;;/h3-6,11,15-18,23H,7-10,12-14,28H2,1-2H3,(H,29,31,32);2*1H. The van der Waals surface area contributed by atoms with Gasteiger partial charge in [-0.15, -0.1) is 24.8 Å². The third-order valence-electron chi connectivity index (χ3n) is 6.89. The fraction of sp³-hybridized carbons (Fsp3) is 0.560. The van der Waals surface area contributed by atoms with Crippen molar-refractivity contribution >= 4 is 47.6 Å². The maximum atomic E-state index is 14.1. The number of ether oxygens (including phenoxy) is 1. The molecule has 1 saturated heterocycles. The molecule has 1 aliphatic carbocycles. The first kappa shape index (κ1) is 29.3. The van der Waals surface area contributed by atoms with Crippen molar-refractivity contribution in [2.75, 3.05) is 29.9 Å². The zero-order chi connectivity index (χ0) is 24.5. The molecule has 37 heavy (non-hydrogen) atoms. The van der Waals surface area contributed by atoms with Crippen molar-refractivity contribution in [3.05, 3.63) is 36.2 Å². The van der Waals surface area contributed by atoms with Crippen molar-refractivity contribution in [1.82, 2.24) is 19.5 Å². The first-order valence-electron chi connectivity index (χ1n) is 12.4. The molecular weight excluding hydrogens is 523 g/mol. The van der Waals surface area contributed by atoms with E-state index in [0.717, 1.165) is 32.2 Å². The van der Waals surface area contributed by atoms with E-state index in [4.69, 9.17) is 15.5 Å². The lowest BCUT2D eigenvalue weighted by atomic mass is 9.86. The largest absolute Gasteiger partial charge is 0.372 e. The number of hydrogen-bond acceptors (Lipinski definition) is 7. The Morgan fingerprint density at radius 3 is 2.32 bits per heavy atom. The van der Waals surface area contributed by atoms with Gasteiger partial charge in [-0.25, -0.2) is 13.8 Å². The van der Waals surface area contributed by atoms with Crippen LogP contribution in [0.15, 0.2) is 30.3 Å². The van der Waals surface area contributed by atoms with E-state index in [1.807, 2.05) is 19.9 Å². The molecule has 2 aliphatic rings.